The van der Waals surface area contributed by atoms with Gasteiger partial charge in [0.1, 0.15) is 16.8 Å². The summed E-state index contributed by atoms with van der Waals surface area (Å²) in [4.78, 5) is 30.6. The van der Waals surface area contributed by atoms with Crippen molar-refractivity contribution in [3.8, 4) is 5.75 Å². The van der Waals surface area contributed by atoms with Crippen LogP contribution in [0.1, 0.15) is 43.9 Å². The molecule has 0 saturated carbocycles. The zero-order chi connectivity index (χ0) is 28.2. The number of carbonyl (C=O) groups is 1. The second kappa shape index (κ2) is 12.3. The van der Waals surface area contributed by atoms with Crippen molar-refractivity contribution in [2.45, 2.75) is 63.8 Å². The first kappa shape index (κ1) is 28.0. The molecule has 13 heteroatoms. The van der Waals surface area contributed by atoms with Crippen molar-refractivity contribution in [3.63, 3.8) is 0 Å². The number of carbonyl (C=O) groups excluding carboxylic acids is 1. The molecule has 2 aliphatic heterocycles. The number of fused-ring (bicyclic) bond motifs is 3. The van der Waals surface area contributed by atoms with Crippen LogP contribution >= 0.6 is 0 Å². The Morgan fingerprint density at radius 3 is 2.70 bits per heavy atom. The second-order valence-corrected chi connectivity index (χ2v) is 10.6. The van der Waals surface area contributed by atoms with Crippen molar-refractivity contribution in [2.24, 2.45) is 0 Å². The number of aliphatic hydroxyl groups excluding tert-OH is 1. The number of methoxy groups -OCH3 is 2. The normalized spacial score (nSPS) is 19.7. The molecule has 2 bridgehead atoms. The van der Waals surface area contributed by atoms with E-state index in [1.807, 2.05) is 12.3 Å². The predicted molar refractivity (Wildman–Crippen MR) is 150 cm³/mol. The molecule has 0 unspecified atom stereocenters. The van der Waals surface area contributed by atoms with Gasteiger partial charge < -0.3 is 24.8 Å². The molecule has 13 nitrogen and oxygen atoms in total. The van der Waals surface area contributed by atoms with E-state index >= 15 is 0 Å². The summed E-state index contributed by atoms with van der Waals surface area (Å²) in [6.45, 7) is 5.51. The highest BCUT2D eigenvalue weighted by Crippen LogP contribution is 2.31. The highest BCUT2D eigenvalue weighted by molar-refractivity contribution is 5.89. The second-order valence-electron chi connectivity index (χ2n) is 10.6. The molecule has 2 saturated heterocycles. The lowest BCUT2D eigenvalue weighted by Gasteiger charge is -2.31. The number of hydrogen-bond acceptors (Lipinski definition) is 11. The zero-order valence-electron chi connectivity index (χ0n) is 23.6. The van der Waals surface area contributed by atoms with Crippen molar-refractivity contribution in [1.29, 1.82) is 0 Å². The van der Waals surface area contributed by atoms with Crippen LogP contribution in [-0.4, -0.2) is 105 Å². The van der Waals surface area contributed by atoms with Crippen molar-refractivity contribution >= 4 is 28.9 Å². The van der Waals surface area contributed by atoms with E-state index in [4.69, 9.17) is 14.5 Å². The molecule has 5 rings (SSSR count). The van der Waals surface area contributed by atoms with Crippen LogP contribution in [0.3, 0.4) is 0 Å². The topological polar surface area (TPSA) is 143 Å². The fourth-order valence-corrected chi connectivity index (χ4v) is 5.82. The lowest BCUT2D eigenvalue weighted by Crippen LogP contribution is -2.44. The van der Waals surface area contributed by atoms with Crippen molar-refractivity contribution < 1.29 is 19.4 Å². The minimum absolute atomic E-state index is 0.0152. The van der Waals surface area contributed by atoms with Crippen LogP contribution < -0.4 is 15.4 Å². The molecule has 2 aliphatic rings. The molecular weight excluding hydrogens is 514 g/mol. The number of aliphatic hydroxyl groups is 1. The van der Waals surface area contributed by atoms with Gasteiger partial charge in [-0.1, -0.05) is 13.3 Å². The van der Waals surface area contributed by atoms with Gasteiger partial charge in [0.25, 0.3) is 0 Å². The quantitative estimate of drug-likeness (QED) is 0.304. The number of aromatic nitrogens is 5. The van der Waals surface area contributed by atoms with Gasteiger partial charge in [-0.3, -0.25) is 19.9 Å². The summed E-state index contributed by atoms with van der Waals surface area (Å²) < 4.78 is 12.3. The number of rotatable bonds is 12. The molecule has 2 fully saturated rings. The first-order chi connectivity index (χ1) is 19.4. The van der Waals surface area contributed by atoms with Crippen molar-refractivity contribution in [3.05, 3.63) is 29.7 Å². The fraction of sp³-hybridized carbons (Fsp3) is 0.593. The van der Waals surface area contributed by atoms with Crippen LogP contribution in [-0.2, 0) is 17.8 Å². The molecule has 216 valence electrons. The monoisotopic (exact) mass is 553 g/mol. The summed E-state index contributed by atoms with van der Waals surface area (Å²) >= 11 is 0. The van der Waals surface area contributed by atoms with Crippen LogP contribution in [0, 0.1) is 0 Å². The number of likely N-dealkylation sites (tertiary alicyclic amines) is 2. The zero-order valence-corrected chi connectivity index (χ0v) is 23.6. The van der Waals surface area contributed by atoms with Gasteiger partial charge in [0.15, 0.2) is 5.82 Å². The number of nitrogens with one attached hydrogen (secondary N) is 2. The van der Waals surface area contributed by atoms with Gasteiger partial charge in [-0.2, -0.15) is 10.1 Å². The van der Waals surface area contributed by atoms with Crippen LogP contribution in [0.25, 0.3) is 11.0 Å². The summed E-state index contributed by atoms with van der Waals surface area (Å²) in [5.41, 5.74) is 3.09. The summed E-state index contributed by atoms with van der Waals surface area (Å²) in [5, 5.41) is 20.2. The van der Waals surface area contributed by atoms with Gasteiger partial charge in [0.2, 0.25) is 5.95 Å². The van der Waals surface area contributed by atoms with E-state index in [9.17, 15) is 9.90 Å². The van der Waals surface area contributed by atoms with Gasteiger partial charge in [-0.05, 0) is 26.3 Å². The Balaban J connectivity index is 1.42. The Morgan fingerprint density at radius 2 is 2.02 bits per heavy atom. The first-order valence-corrected chi connectivity index (χ1v) is 13.8. The Hall–Kier alpha value is -3.55. The Morgan fingerprint density at radius 1 is 1.18 bits per heavy atom. The molecule has 0 aliphatic carbocycles. The molecule has 40 heavy (non-hydrogen) atoms. The highest BCUT2D eigenvalue weighted by Gasteiger charge is 2.41. The molecular formula is C27H39N9O4. The summed E-state index contributed by atoms with van der Waals surface area (Å²) in [5.74, 6) is 1.36. The molecule has 0 aromatic carbocycles. The molecule has 5 heterocycles. The summed E-state index contributed by atoms with van der Waals surface area (Å²) in [6.07, 6.45) is 6.39. The molecule has 3 aromatic rings. The van der Waals surface area contributed by atoms with Crippen molar-refractivity contribution in [2.75, 3.05) is 51.6 Å². The third-order valence-corrected chi connectivity index (χ3v) is 7.88. The Kier molecular flexibility index (Phi) is 8.62. The molecule has 0 spiro atoms. The Bertz CT molecular complexity index is 1320. The lowest BCUT2D eigenvalue weighted by molar-refractivity contribution is 0.142. The van der Waals surface area contributed by atoms with E-state index < -0.39 is 6.09 Å². The lowest BCUT2D eigenvalue weighted by atomic mass is 10.1. The van der Waals surface area contributed by atoms with Crippen LogP contribution in [0.5, 0.6) is 5.75 Å². The average molecular weight is 554 g/mol. The van der Waals surface area contributed by atoms with E-state index in [1.165, 1.54) is 13.5 Å². The fourth-order valence-electron chi connectivity index (χ4n) is 5.82. The van der Waals surface area contributed by atoms with Gasteiger partial charge in [-0.25, -0.2) is 9.78 Å². The van der Waals surface area contributed by atoms with Gasteiger partial charge >= 0.3 is 6.09 Å². The standard InChI is InChI=1S/C27H39N9O4/c1-5-6-18(7-8-37)30-25-24-22(31-26(32-25)33-27(38)40-4)12-29-36(24)13-17-11-28-19(9-23(17)39-3)14-35-16-20-10-21(35)15-34(20)2/h9,11-12,18,20-21,37H,5-8,10,13-16H2,1-4H3,(H2,30,31,32,33,38)/t18-,20-,21-/m0/s1. The number of ether oxygens (including phenoxy) is 2. The smallest absolute Gasteiger partial charge is 0.413 e. The Labute approximate surface area is 233 Å². The van der Waals surface area contributed by atoms with Gasteiger partial charge in [0, 0.05) is 62.2 Å². The van der Waals surface area contributed by atoms with Crippen LogP contribution in [0.15, 0.2) is 18.5 Å². The largest absolute Gasteiger partial charge is 0.496 e. The maximum atomic E-state index is 11.8. The third-order valence-electron chi connectivity index (χ3n) is 7.88. The molecule has 3 aromatic heterocycles. The van der Waals surface area contributed by atoms with Crippen molar-refractivity contribution in [1.82, 2.24) is 34.5 Å². The molecule has 0 radical (unpaired) electrons. The summed E-state index contributed by atoms with van der Waals surface area (Å²) in [6, 6.07) is 3.23. The first-order valence-electron chi connectivity index (χ1n) is 13.8. The minimum atomic E-state index is -0.664. The van der Waals surface area contributed by atoms with E-state index in [2.05, 4.69) is 49.5 Å². The highest BCUT2D eigenvalue weighted by atomic mass is 16.5. The third kappa shape index (κ3) is 5.96. The van der Waals surface area contributed by atoms with Gasteiger partial charge in [-0.15, -0.1) is 0 Å². The number of amides is 1. The maximum absolute atomic E-state index is 11.8. The van der Waals surface area contributed by atoms with E-state index in [0.717, 1.165) is 49.5 Å². The van der Waals surface area contributed by atoms with E-state index in [1.54, 1.807) is 18.0 Å². The number of anilines is 2. The number of hydrogen-bond donors (Lipinski definition) is 3. The number of likely N-dealkylation sites (N-methyl/N-ethyl adjacent to an activating group) is 1. The molecule has 3 atom stereocenters. The molecule has 1 amide bonds. The minimum Gasteiger partial charge on any atom is -0.496 e. The van der Waals surface area contributed by atoms with Crippen LogP contribution in [0.4, 0.5) is 16.6 Å². The number of pyridine rings is 1. The summed E-state index contributed by atoms with van der Waals surface area (Å²) in [7, 11) is 5.15. The van der Waals surface area contributed by atoms with E-state index in [-0.39, 0.29) is 18.6 Å². The number of piperazine rings is 1. The van der Waals surface area contributed by atoms with E-state index in [0.29, 0.717) is 41.9 Å². The maximum Gasteiger partial charge on any atom is 0.413 e. The molecule has 3 N–H and O–H groups in total. The van der Waals surface area contributed by atoms with Gasteiger partial charge in [0.05, 0.1) is 32.7 Å². The van der Waals surface area contributed by atoms with Crippen LogP contribution in [0.2, 0.25) is 0 Å². The number of nitrogens with zero attached hydrogens (tertiary/aromatic N) is 7. The average Bonchev–Trinajstić information content (AvgIpc) is 3.64. The predicted octanol–water partition coefficient (Wildman–Crippen LogP) is 2.31. The SMILES string of the molecule is CCC[C@@H](CCO)Nc1nc(NC(=O)OC)nc2cnn(Cc3cnc(CN4C[C@@H]5C[C@H]4CN5C)cc3OC)c12.